The van der Waals surface area contributed by atoms with E-state index in [0.717, 1.165) is 36.3 Å². The van der Waals surface area contributed by atoms with Gasteiger partial charge < -0.3 is 15.2 Å². The molecule has 1 aromatic carbocycles. The van der Waals surface area contributed by atoms with Gasteiger partial charge in [-0.3, -0.25) is 4.79 Å². The molecular formula is C16H23NO3S. The minimum atomic E-state index is -0.391. The van der Waals surface area contributed by atoms with Crippen LogP contribution in [0.15, 0.2) is 29.2 Å². The van der Waals surface area contributed by atoms with Gasteiger partial charge in [0.15, 0.2) is 0 Å². The van der Waals surface area contributed by atoms with Gasteiger partial charge in [0, 0.05) is 4.90 Å². The predicted molar refractivity (Wildman–Crippen MR) is 84.7 cm³/mol. The molecule has 1 aromatic rings. The van der Waals surface area contributed by atoms with E-state index < -0.39 is 6.10 Å². The number of benzene rings is 1. The summed E-state index contributed by atoms with van der Waals surface area (Å²) in [5.41, 5.74) is 0. The number of carbonyl (C=O) groups is 1. The number of carbonyl (C=O) groups excluding carboxylic acids is 1. The molecule has 0 radical (unpaired) electrons. The third kappa shape index (κ3) is 5.25. The van der Waals surface area contributed by atoms with E-state index in [2.05, 4.69) is 5.32 Å². The average molecular weight is 309 g/mol. The molecule has 0 saturated heterocycles. The van der Waals surface area contributed by atoms with E-state index >= 15 is 0 Å². The molecule has 2 rings (SSSR count). The maximum absolute atomic E-state index is 11.9. The molecule has 1 amide bonds. The largest absolute Gasteiger partial charge is 0.494 e. The van der Waals surface area contributed by atoms with Gasteiger partial charge in [0.05, 0.1) is 24.5 Å². The Hall–Kier alpha value is -1.20. The molecule has 1 aliphatic rings. The van der Waals surface area contributed by atoms with Crippen molar-refractivity contribution in [3.63, 3.8) is 0 Å². The second kappa shape index (κ2) is 8.29. The van der Waals surface area contributed by atoms with Crippen LogP contribution in [0.4, 0.5) is 0 Å². The van der Waals surface area contributed by atoms with Crippen molar-refractivity contribution in [1.82, 2.24) is 5.32 Å². The lowest BCUT2D eigenvalue weighted by molar-refractivity contribution is -0.120. The van der Waals surface area contributed by atoms with E-state index in [-0.39, 0.29) is 11.9 Å². The van der Waals surface area contributed by atoms with Gasteiger partial charge in [-0.25, -0.2) is 0 Å². The molecule has 0 heterocycles. The summed E-state index contributed by atoms with van der Waals surface area (Å²) in [4.78, 5) is 13.0. The highest BCUT2D eigenvalue weighted by Gasteiger charge is 2.24. The number of thioether (sulfide) groups is 1. The van der Waals surface area contributed by atoms with Gasteiger partial charge in [-0.05, 0) is 44.0 Å². The lowest BCUT2D eigenvalue weighted by Gasteiger charge is -2.28. The van der Waals surface area contributed by atoms with E-state index in [1.54, 1.807) is 0 Å². The van der Waals surface area contributed by atoms with Crippen LogP contribution in [0.5, 0.6) is 5.75 Å². The van der Waals surface area contributed by atoms with Crippen molar-refractivity contribution < 1.29 is 14.6 Å². The first-order valence-corrected chi connectivity index (χ1v) is 8.50. The molecule has 1 saturated carbocycles. The molecule has 2 N–H and O–H groups in total. The van der Waals surface area contributed by atoms with Crippen molar-refractivity contribution >= 4 is 17.7 Å². The van der Waals surface area contributed by atoms with Crippen LogP contribution in [0, 0.1) is 0 Å². The molecule has 1 fully saturated rings. The Kier molecular flexibility index (Phi) is 6.39. The first-order chi connectivity index (χ1) is 10.2. The van der Waals surface area contributed by atoms with Gasteiger partial charge in [0.25, 0.3) is 0 Å². The number of ether oxygens (including phenoxy) is 1. The maximum Gasteiger partial charge on any atom is 0.230 e. The number of hydrogen-bond donors (Lipinski definition) is 2. The number of aliphatic hydroxyl groups excluding tert-OH is 1. The summed E-state index contributed by atoms with van der Waals surface area (Å²) in [6.07, 6.45) is 3.40. The van der Waals surface area contributed by atoms with Crippen LogP contribution in [-0.4, -0.2) is 35.5 Å². The molecule has 2 unspecified atom stereocenters. The van der Waals surface area contributed by atoms with E-state index in [1.165, 1.54) is 11.8 Å². The fourth-order valence-electron chi connectivity index (χ4n) is 2.48. The van der Waals surface area contributed by atoms with Crippen molar-refractivity contribution in [2.45, 2.75) is 49.6 Å². The van der Waals surface area contributed by atoms with E-state index in [1.807, 2.05) is 31.2 Å². The molecule has 1 aliphatic carbocycles. The summed E-state index contributed by atoms with van der Waals surface area (Å²) < 4.78 is 5.38. The van der Waals surface area contributed by atoms with Crippen molar-refractivity contribution in [3.8, 4) is 5.75 Å². The number of hydrogen-bond acceptors (Lipinski definition) is 4. The second-order valence-corrected chi connectivity index (χ2v) is 6.27. The molecule has 0 spiro atoms. The van der Waals surface area contributed by atoms with Crippen molar-refractivity contribution in [1.29, 1.82) is 0 Å². The standard InChI is InChI=1S/C16H23NO3S/c1-2-20-12-7-9-13(10-8-12)21-11-16(19)17-14-5-3-4-6-15(14)18/h7-10,14-15,18H,2-6,11H2,1H3,(H,17,19). The fourth-order valence-corrected chi connectivity index (χ4v) is 3.19. The number of amides is 1. The second-order valence-electron chi connectivity index (χ2n) is 5.22. The smallest absolute Gasteiger partial charge is 0.230 e. The molecule has 116 valence electrons. The molecule has 2 atom stereocenters. The monoisotopic (exact) mass is 309 g/mol. The lowest BCUT2D eigenvalue weighted by atomic mass is 9.93. The normalized spacial score (nSPS) is 21.8. The van der Waals surface area contributed by atoms with Gasteiger partial charge in [-0.1, -0.05) is 12.8 Å². The SMILES string of the molecule is CCOc1ccc(SCC(=O)NC2CCCCC2O)cc1. The Balaban J connectivity index is 1.75. The highest BCUT2D eigenvalue weighted by Crippen LogP contribution is 2.22. The predicted octanol–water partition coefficient (Wildman–Crippen LogP) is 2.60. The van der Waals surface area contributed by atoms with E-state index in [0.29, 0.717) is 12.4 Å². The molecule has 5 heteroatoms. The lowest BCUT2D eigenvalue weighted by Crippen LogP contribution is -2.45. The molecular weight excluding hydrogens is 286 g/mol. The summed E-state index contributed by atoms with van der Waals surface area (Å²) in [5.74, 6) is 1.20. The third-order valence-corrected chi connectivity index (χ3v) is 4.59. The fraction of sp³-hybridized carbons (Fsp3) is 0.562. The van der Waals surface area contributed by atoms with Crippen molar-refractivity contribution in [2.75, 3.05) is 12.4 Å². The van der Waals surface area contributed by atoms with E-state index in [9.17, 15) is 9.90 Å². The summed E-state index contributed by atoms with van der Waals surface area (Å²) in [6.45, 7) is 2.60. The quantitative estimate of drug-likeness (QED) is 0.793. The Morgan fingerprint density at radius 2 is 2.05 bits per heavy atom. The van der Waals surface area contributed by atoms with Gasteiger partial charge in [0.2, 0.25) is 5.91 Å². The Labute approximate surface area is 130 Å². The van der Waals surface area contributed by atoms with Crippen LogP contribution in [0.3, 0.4) is 0 Å². The topological polar surface area (TPSA) is 58.6 Å². The Bertz CT molecular complexity index is 449. The average Bonchev–Trinajstić information content (AvgIpc) is 2.49. The van der Waals surface area contributed by atoms with Crippen LogP contribution in [-0.2, 0) is 4.79 Å². The first kappa shape index (κ1) is 16.2. The minimum absolute atomic E-state index is 0.0140. The molecule has 0 aromatic heterocycles. The Morgan fingerprint density at radius 1 is 1.33 bits per heavy atom. The van der Waals surface area contributed by atoms with Crippen LogP contribution in [0.1, 0.15) is 32.6 Å². The zero-order valence-corrected chi connectivity index (χ0v) is 13.2. The van der Waals surface area contributed by atoms with Gasteiger partial charge >= 0.3 is 0 Å². The zero-order chi connectivity index (χ0) is 15.1. The van der Waals surface area contributed by atoms with Crippen LogP contribution in [0.25, 0.3) is 0 Å². The van der Waals surface area contributed by atoms with E-state index in [4.69, 9.17) is 4.74 Å². The Morgan fingerprint density at radius 3 is 2.71 bits per heavy atom. The maximum atomic E-state index is 11.9. The third-order valence-electron chi connectivity index (χ3n) is 3.58. The van der Waals surface area contributed by atoms with Gasteiger partial charge in [-0.2, -0.15) is 0 Å². The van der Waals surface area contributed by atoms with Crippen LogP contribution < -0.4 is 10.1 Å². The van der Waals surface area contributed by atoms with Crippen LogP contribution >= 0.6 is 11.8 Å². The van der Waals surface area contributed by atoms with Crippen molar-refractivity contribution in [2.24, 2.45) is 0 Å². The van der Waals surface area contributed by atoms with Gasteiger partial charge in [-0.15, -0.1) is 11.8 Å². The van der Waals surface area contributed by atoms with Crippen LogP contribution in [0.2, 0.25) is 0 Å². The molecule has 4 nitrogen and oxygen atoms in total. The van der Waals surface area contributed by atoms with Crippen molar-refractivity contribution in [3.05, 3.63) is 24.3 Å². The highest BCUT2D eigenvalue weighted by molar-refractivity contribution is 8.00. The summed E-state index contributed by atoms with van der Waals surface area (Å²) >= 11 is 1.50. The number of rotatable bonds is 6. The molecule has 0 bridgehead atoms. The number of nitrogens with one attached hydrogen (secondary N) is 1. The number of aliphatic hydroxyl groups is 1. The zero-order valence-electron chi connectivity index (χ0n) is 12.4. The molecule has 21 heavy (non-hydrogen) atoms. The summed E-state index contributed by atoms with van der Waals surface area (Å²) in [6, 6.07) is 7.66. The summed E-state index contributed by atoms with van der Waals surface area (Å²) in [5, 5.41) is 12.8. The summed E-state index contributed by atoms with van der Waals surface area (Å²) in [7, 11) is 0. The molecule has 0 aliphatic heterocycles. The first-order valence-electron chi connectivity index (χ1n) is 7.52. The van der Waals surface area contributed by atoms with Gasteiger partial charge in [0.1, 0.15) is 5.75 Å². The minimum Gasteiger partial charge on any atom is -0.494 e. The highest BCUT2D eigenvalue weighted by atomic mass is 32.2.